The Morgan fingerprint density at radius 3 is 3.00 bits per heavy atom. The number of nitrogens with one attached hydrogen (secondary N) is 1. The van der Waals surface area contributed by atoms with Crippen LogP contribution in [0.2, 0.25) is 0 Å². The van der Waals surface area contributed by atoms with E-state index in [1.54, 1.807) is 5.38 Å². The van der Waals surface area contributed by atoms with Gasteiger partial charge in [-0.3, -0.25) is 4.79 Å². The van der Waals surface area contributed by atoms with Crippen LogP contribution in [0.1, 0.15) is 30.3 Å². The lowest BCUT2D eigenvalue weighted by atomic mass is 10.1. The Hall–Kier alpha value is -1.14. The van der Waals surface area contributed by atoms with Crippen LogP contribution in [0, 0.1) is 0 Å². The number of carbonyl (C=O) groups excluding carboxylic acids is 1. The molecule has 84 valence electrons. The van der Waals surface area contributed by atoms with Crippen LogP contribution in [0.15, 0.2) is 5.38 Å². The number of rotatable bonds is 5. The highest BCUT2D eigenvalue weighted by molar-refractivity contribution is 7.13. The summed E-state index contributed by atoms with van der Waals surface area (Å²) in [4.78, 5) is 15.5. The highest BCUT2D eigenvalue weighted by atomic mass is 32.1. The molecule has 0 saturated heterocycles. The van der Waals surface area contributed by atoms with Crippen LogP contribution in [0.25, 0.3) is 0 Å². The number of nitrogen functional groups attached to an aromatic ring is 1. The Bertz CT molecular complexity index is 327. The minimum atomic E-state index is -0.233. The van der Waals surface area contributed by atoms with E-state index in [0.29, 0.717) is 17.2 Å². The van der Waals surface area contributed by atoms with E-state index >= 15 is 0 Å². The van der Waals surface area contributed by atoms with Crippen LogP contribution in [-0.4, -0.2) is 28.6 Å². The zero-order chi connectivity index (χ0) is 11.3. The van der Waals surface area contributed by atoms with Crippen LogP contribution >= 0.6 is 11.3 Å². The van der Waals surface area contributed by atoms with E-state index in [2.05, 4.69) is 10.3 Å². The number of aromatic nitrogens is 1. The summed E-state index contributed by atoms with van der Waals surface area (Å²) >= 11 is 1.24. The molecule has 6 heteroatoms. The highest BCUT2D eigenvalue weighted by Crippen LogP contribution is 2.11. The van der Waals surface area contributed by atoms with E-state index in [1.807, 2.05) is 6.92 Å². The van der Waals surface area contributed by atoms with Gasteiger partial charge in [0, 0.05) is 18.0 Å². The Morgan fingerprint density at radius 2 is 2.53 bits per heavy atom. The fraction of sp³-hybridized carbons (Fsp3) is 0.556. The van der Waals surface area contributed by atoms with Crippen molar-refractivity contribution in [2.24, 2.45) is 0 Å². The molecule has 1 rings (SSSR count). The number of aliphatic hydroxyl groups is 1. The number of hydrogen-bond donors (Lipinski definition) is 3. The van der Waals surface area contributed by atoms with E-state index in [4.69, 9.17) is 10.8 Å². The lowest BCUT2D eigenvalue weighted by molar-refractivity contribution is 0.0925. The van der Waals surface area contributed by atoms with Gasteiger partial charge >= 0.3 is 0 Å². The quantitative estimate of drug-likeness (QED) is 0.690. The van der Waals surface area contributed by atoms with E-state index in [0.717, 1.165) is 6.42 Å². The van der Waals surface area contributed by atoms with Crippen molar-refractivity contribution in [2.45, 2.75) is 25.8 Å². The number of nitrogens with zero attached hydrogens (tertiary/aromatic N) is 1. The number of anilines is 1. The van der Waals surface area contributed by atoms with E-state index < -0.39 is 0 Å². The van der Waals surface area contributed by atoms with Crippen molar-refractivity contribution in [3.63, 3.8) is 0 Å². The number of thiazole rings is 1. The summed E-state index contributed by atoms with van der Waals surface area (Å²) in [6.07, 6.45) is 1.34. The SMILES string of the molecule is CCC(CCO)NC(=O)c1csc(N)n1. The fourth-order valence-electron chi connectivity index (χ4n) is 1.19. The summed E-state index contributed by atoms with van der Waals surface area (Å²) < 4.78 is 0. The highest BCUT2D eigenvalue weighted by Gasteiger charge is 2.13. The number of nitrogens with two attached hydrogens (primary N) is 1. The van der Waals surface area contributed by atoms with Crippen molar-refractivity contribution >= 4 is 22.4 Å². The van der Waals surface area contributed by atoms with Gasteiger partial charge < -0.3 is 16.2 Å². The molecular weight excluding hydrogens is 214 g/mol. The molecule has 0 aliphatic heterocycles. The number of carbonyl (C=O) groups is 1. The molecule has 0 bridgehead atoms. The fourth-order valence-corrected chi connectivity index (χ4v) is 1.73. The molecule has 4 N–H and O–H groups in total. The van der Waals surface area contributed by atoms with Crippen molar-refractivity contribution in [2.75, 3.05) is 12.3 Å². The Kier molecular flexibility index (Phi) is 4.51. The van der Waals surface area contributed by atoms with Crippen molar-refractivity contribution in [1.82, 2.24) is 10.3 Å². The minimum absolute atomic E-state index is 0.00887. The molecule has 0 aliphatic carbocycles. The molecular formula is C9H15N3O2S. The number of aliphatic hydroxyl groups excluding tert-OH is 1. The molecule has 1 aromatic heterocycles. The minimum Gasteiger partial charge on any atom is -0.396 e. The molecule has 1 amide bonds. The van der Waals surface area contributed by atoms with Gasteiger partial charge in [-0.05, 0) is 12.8 Å². The molecule has 5 nitrogen and oxygen atoms in total. The van der Waals surface area contributed by atoms with Crippen molar-refractivity contribution in [3.05, 3.63) is 11.1 Å². The second-order valence-electron chi connectivity index (χ2n) is 3.16. The van der Waals surface area contributed by atoms with E-state index in [1.165, 1.54) is 11.3 Å². The lowest BCUT2D eigenvalue weighted by Gasteiger charge is -2.14. The van der Waals surface area contributed by atoms with E-state index in [9.17, 15) is 4.79 Å². The topological polar surface area (TPSA) is 88.2 Å². The molecule has 15 heavy (non-hydrogen) atoms. The van der Waals surface area contributed by atoms with Gasteiger partial charge in [0.15, 0.2) is 5.13 Å². The van der Waals surface area contributed by atoms with Crippen LogP contribution in [0.5, 0.6) is 0 Å². The van der Waals surface area contributed by atoms with Gasteiger partial charge in [0.1, 0.15) is 5.69 Å². The third-order valence-corrected chi connectivity index (χ3v) is 2.73. The van der Waals surface area contributed by atoms with Crippen LogP contribution in [0.4, 0.5) is 5.13 Å². The Balaban J connectivity index is 2.54. The zero-order valence-electron chi connectivity index (χ0n) is 8.56. The molecule has 0 aromatic carbocycles. The summed E-state index contributed by atoms with van der Waals surface area (Å²) in [6, 6.07) is -0.00887. The average molecular weight is 229 g/mol. The third-order valence-electron chi connectivity index (χ3n) is 2.06. The van der Waals surface area contributed by atoms with Gasteiger partial charge in [-0.25, -0.2) is 4.98 Å². The Labute approximate surface area is 92.3 Å². The first-order valence-electron chi connectivity index (χ1n) is 4.80. The summed E-state index contributed by atoms with van der Waals surface area (Å²) in [7, 11) is 0. The van der Waals surface area contributed by atoms with Gasteiger partial charge in [-0.2, -0.15) is 0 Å². The maximum atomic E-state index is 11.6. The predicted molar refractivity (Wildman–Crippen MR) is 59.8 cm³/mol. The van der Waals surface area contributed by atoms with Gasteiger partial charge in [0.2, 0.25) is 0 Å². The molecule has 1 unspecified atom stereocenters. The van der Waals surface area contributed by atoms with Gasteiger partial charge in [-0.15, -0.1) is 11.3 Å². The molecule has 0 aliphatic rings. The second kappa shape index (κ2) is 5.67. The summed E-state index contributed by atoms with van der Waals surface area (Å²) in [5, 5.41) is 13.6. The molecule has 0 spiro atoms. The smallest absolute Gasteiger partial charge is 0.271 e. The average Bonchev–Trinajstić information content (AvgIpc) is 2.64. The predicted octanol–water partition coefficient (Wildman–Crippen LogP) is 0.616. The monoisotopic (exact) mass is 229 g/mol. The summed E-state index contributed by atoms with van der Waals surface area (Å²) in [6.45, 7) is 2.02. The zero-order valence-corrected chi connectivity index (χ0v) is 9.38. The van der Waals surface area contributed by atoms with Crippen LogP contribution < -0.4 is 11.1 Å². The maximum absolute atomic E-state index is 11.6. The normalized spacial score (nSPS) is 12.4. The first-order valence-corrected chi connectivity index (χ1v) is 5.68. The van der Waals surface area contributed by atoms with Crippen LogP contribution in [-0.2, 0) is 0 Å². The largest absolute Gasteiger partial charge is 0.396 e. The molecule has 0 fully saturated rings. The first-order chi connectivity index (χ1) is 7.17. The van der Waals surface area contributed by atoms with Gasteiger partial charge in [0.25, 0.3) is 5.91 Å². The van der Waals surface area contributed by atoms with Gasteiger partial charge in [0.05, 0.1) is 0 Å². The molecule has 1 heterocycles. The molecule has 1 atom stereocenters. The molecule has 0 radical (unpaired) electrons. The standard InChI is InChI=1S/C9H15N3O2S/c1-2-6(3-4-13)11-8(14)7-5-15-9(10)12-7/h5-6,13H,2-4H2,1H3,(H2,10,12)(H,11,14). The third kappa shape index (κ3) is 3.49. The lowest BCUT2D eigenvalue weighted by Crippen LogP contribution is -2.35. The van der Waals surface area contributed by atoms with E-state index in [-0.39, 0.29) is 18.6 Å². The number of hydrogen-bond acceptors (Lipinski definition) is 5. The summed E-state index contributed by atoms with van der Waals surface area (Å²) in [5.74, 6) is -0.233. The van der Waals surface area contributed by atoms with Crippen molar-refractivity contribution in [1.29, 1.82) is 0 Å². The van der Waals surface area contributed by atoms with Crippen molar-refractivity contribution in [3.8, 4) is 0 Å². The van der Waals surface area contributed by atoms with Gasteiger partial charge in [-0.1, -0.05) is 6.92 Å². The first kappa shape index (κ1) is 11.9. The number of amides is 1. The molecule has 1 aromatic rings. The van der Waals surface area contributed by atoms with Crippen LogP contribution in [0.3, 0.4) is 0 Å². The Morgan fingerprint density at radius 1 is 1.80 bits per heavy atom. The van der Waals surface area contributed by atoms with Crippen molar-refractivity contribution < 1.29 is 9.90 Å². The second-order valence-corrected chi connectivity index (χ2v) is 4.05. The molecule has 0 saturated carbocycles. The summed E-state index contributed by atoms with van der Waals surface area (Å²) in [5.41, 5.74) is 5.77. The maximum Gasteiger partial charge on any atom is 0.271 e.